The Morgan fingerprint density at radius 3 is 2.77 bits per heavy atom. The Morgan fingerprint density at radius 1 is 1.12 bits per heavy atom. The molecule has 0 bridgehead atoms. The van der Waals surface area contributed by atoms with Crippen molar-refractivity contribution in [3.8, 4) is 0 Å². The lowest BCUT2D eigenvalue weighted by Gasteiger charge is -2.27. The van der Waals surface area contributed by atoms with Crippen molar-refractivity contribution in [1.82, 2.24) is 29.9 Å². The van der Waals surface area contributed by atoms with Gasteiger partial charge in [0.25, 0.3) is 0 Å². The van der Waals surface area contributed by atoms with E-state index in [9.17, 15) is 0 Å². The van der Waals surface area contributed by atoms with Crippen molar-refractivity contribution in [3.05, 3.63) is 11.6 Å². The normalized spacial score (nSPS) is 27.2. The highest BCUT2D eigenvalue weighted by Crippen LogP contribution is 2.21. The van der Waals surface area contributed by atoms with Gasteiger partial charge in [-0.25, -0.2) is 0 Å². The number of hydrogen-bond donors (Lipinski definition) is 1. The first-order valence-corrected chi connectivity index (χ1v) is 10.3. The highest BCUT2D eigenvalue weighted by molar-refractivity contribution is 5.80. The molecule has 2 atom stereocenters. The molecule has 4 heterocycles. The number of aromatic nitrogens is 3. The summed E-state index contributed by atoms with van der Waals surface area (Å²) in [4.78, 5) is 9.66. The van der Waals surface area contributed by atoms with Crippen LogP contribution in [-0.4, -0.2) is 76.8 Å². The van der Waals surface area contributed by atoms with Gasteiger partial charge in [-0.15, -0.1) is 10.2 Å². The number of fused-ring (bicyclic) bond motifs is 1. The summed E-state index contributed by atoms with van der Waals surface area (Å²) in [5, 5.41) is 12.1. The molecule has 144 valence electrons. The van der Waals surface area contributed by atoms with Crippen LogP contribution < -0.4 is 5.32 Å². The van der Waals surface area contributed by atoms with Gasteiger partial charge >= 0.3 is 0 Å². The maximum Gasteiger partial charge on any atom is 0.193 e. The first-order valence-electron chi connectivity index (χ1n) is 10.3. The number of hydrogen-bond acceptors (Lipinski definition) is 4. The number of likely N-dealkylation sites (tertiary alicyclic amines) is 2. The second-order valence-electron chi connectivity index (χ2n) is 8.22. The van der Waals surface area contributed by atoms with Gasteiger partial charge in [-0.1, -0.05) is 0 Å². The van der Waals surface area contributed by atoms with E-state index >= 15 is 0 Å². The monoisotopic (exact) mass is 359 g/mol. The number of guanidine groups is 1. The minimum Gasteiger partial charge on any atom is -0.356 e. The maximum absolute atomic E-state index is 4.56. The van der Waals surface area contributed by atoms with Gasteiger partial charge < -0.3 is 19.7 Å². The van der Waals surface area contributed by atoms with Crippen LogP contribution in [0.4, 0.5) is 0 Å². The predicted octanol–water partition coefficient (Wildman–Crippen LogP) is 1.14. The summed E-state index contributed by atoms with van der Waals surface area (Å²) < 4.78 is 2.28. The first kappa shape index (κ1) is 17.8. The molecule has 1 N–H and O–H groups in total. The van der Waals surface area contributed by atoms with E-state index in [4.69, 9.17) is 0 Å². The lowest BCUT2D eigenvalue weighted by molar-refractivity contribution is 0.280. The van der Waals surface area contributed by atoms with Crippen LogP contribution in [0.2, 0.25) is 0 Å². The van der Waals surface area contributed by atoms with Crippen molar-refractivity contribution in [2.45, 2.75) is 45.6 Å². The Bertz CT molecular complexity index is 632. The first-order chi connectivity index (χ1) is 12.7. The van der Waals surface area contributed by atoms with Crippen LogP contribution in [0.5, 0.6) is 0 Å². The highest BCUT2D eigenvalue weighted by Gasteiger charge is 2.28. The number of aliphatic imine (C=N–C) groups is 1. The fourth-order valence-electron chi connectivity index (χ4n) is 4.77. The van der Waals surface area contributed by atoms with Crippen LogP contribution in [0.15, 0.2) is 4.99 Å². The number of nitrogens with one attached hydrogen (secondary N) is 1. The third-order valence-corrected chi connectivity index (χ3v) is 6.29. The summed E-state index contributed by atoms with van der Waals surface area (Å²) in [7, 11) is 1.92. The van der Waals surface area contributed by atoms with Gasteiger partial charge in [-0.3, -0.25) is 4.99 Å². The molecular weight excluding hydrogens is 326 g/mol. The minimum absolute atomic E-state index is 0.622. The average molecular weight is 360 g/mol. The van der Waals surface area contributed by atoms with E-state index in [2.05, 4.69) is 41.8 Å². The molecule has 3 aliphatic rings. The molecule has 0 radical (unpaired) electrons. The van der Waals surface area contributed by atoms with Gasteiger partial charge in [-0.2, -0.15) is 0 Å². The number of aryl methyl sites for hydroxylation is 2. The van der Waals surface area contributed by atoms with Gasteiger partial charge in [0, 0.05) is 46.2 Å². The van der Waals surface area contributed by atoms with E-state index in [1.807, 2.05) is 7.05 Å². The van der Waals surface area contributed by atoms with Crippen molar-refractivity contribution in [2.24, 2.45) is 16.8 Å². The van der Waals surface area contributed by atoms with Crippen molar-refractivity contribution >= 4 is 5.96 Å². The summed E-state index contributed by atoms with van der Waals surface area (Å²) in [5.74, 6) is 4.69. The molecule has 7 nitrogen and oxygen atoms in total. The third kappa shape index (κ3) is 3.87. The Hall–Kier alpha value is -1.63. The average Bonchev–Trinajstić information content (AvgIpc) is 3.39. The maximum atomic E-state index is 4.56. The lowest BCUT2D eigenvalue weighted by atomic mass is 9.99. The molecule has 1 aromatic heterocycles. The third-order valence-electron chi connectivity index (χ3n) is 6.29. The molecule has 4 rings (SSSR count). The molecule has 2 fully saturated rings. The Labute approximate surface area is 156 Å². The SMILES string of the molecule is CN=C(NCC1CCc2nnc(C)n2C1)N1CCC(CN2CCCC2)C1. The summed E-state index contributed by atoms with van der Waals surface area (Å²) in [6.45, 7) is 10.2. The zero-order valence-electron chi connectivity index (χ0n) is 16.3. The molecule has 0 amide bonds. The van der Waals surface area contributed by atoms with E-state index in [0.29, 0.717) is 5.92 Å². The second kappa shape index (κ2) is 7.94. The van der Waals surface area contributed by atoms with E-state index in [-0.39, 0.29) is 0 Å². The molecule has 0 saturated carbocycles. The minimum atomic E-state index is 0.622. The highest BCUT2D eigenvalue weighted by atomic mass is 15.3. The molecule has 2 saturated heterocycles. The van der Waals surface area contributed by atoms with E-state index < -0.39 is 0 Å². The molecule has 26 heavy (non-hydrogen) atoms. The number of nitrogens with zero attached hydrogens (tertiary/aromatic N) is 6. The van der Waals surface area contributed by atoms with Gasteiger partial charge in [0.15, 0.2) is 5.96 Å². The molecular formula is C19H33N7. The standard InChI is InChI=1S/C19H33N7/c1-15-22-23-18-6-5-16(14-26(15)18)11-21-19(20-2)25-10-7-17(13-25)12-24-8-3-4-9-24/h16-17H,3-14H2,1-2H3,(H,20,21). The Morgan fingerprint density at radius 2 is 1.96 bits per heavy atom. The van der Waals surface area contributed by atoms with Crippen molar-refractivity contribution in [1.29, 1.82) is 0 Å². The molecule has 2 unspecified atom stereocenters. The van der Waals surface area contributed by atoms with E-state index in [0.717, 1.165) is 56.1 Å². The quantitative estimate of drug-likeness (QED) is 0.645. The summed E-state index contributed by atoms with van der Waals surface area (Å²) >= 11 is 0. The van der Waals surface area contributed by atoms with Gasteiger partial charge in [0.2, 0.25) is 0 Å². The molecule has 0 spiro atoms. The smallest absolute Gasteiger partial charge is 0.193 e. The molecule has 0 aliphatic carbocycles. The van der Waals surface area contributed by atoms with Crippen LogP contribution in [0.25, 0.3) is 0 Å². The fraction of sp³-hybridized carbons (Fsp3) is 0.842. The van der Waals surface area contributed by atoms with Crippen LogP contribution in [0.3, 0.4) is 0 Å². The van der Waals surface area contributed by atoms with Crippen LogP contribution in [0.1, 0.15) is 37.3 Å². The zero-order valence-corrected chi connectivity index (χ0v) is 16.3. The topological polar surface area (TPSA) is 61.6 Å². The summed E-state index contributed by atoms with van der Waals surface area (Å²) in [6, 6.07) is 0. The van der Waals surface area contributed by atoms with Gasteiger partial charge in [0.05, 0.1) is 0 Å². The van der Waals surface area contributed by atoms with E-state index in [1.165, 1.54) is 45.3 Å². The molecule has 3 aliphatic heterocycles. The molecule has 7 heteroatoms. The van der Waals surface area contributed by atoms with Crippen LogP contribution >= 0.6 is 0 Å². The van der Waals surface area contributed by atoms with Gasteiger partial charge in [0.1, 0.15) is 11.6 Å². The largest absolute Gasteiger partial charge is 0.356 e. The fourth-order valence-corrected chi connectivity index (χ4v) is 4.77. The van der Waals surface area contributed by atoms with Crippen molar-refractivity contribution in [2.75, 3.05) is 46.3 Å². The van der Waals surface area contributed by atoms with E-state index in [1.54, 1.807) is 0 Å². The van der Waals surface area contributed by atoms with Gasteiger partial charge in [-0.05, 0) is 57.5 Å². The molecule has 1 aromatic rings. The predicted molar refractivity (Wildman–Crippen MR) is 103 cm³/mol. The summed E-state index contributed by atoms with van der Waals surface area (Å²) in [5.41, 5.74) is 0. The molecule has 0 aromatic carbocycles. The summed E-state index contributed by atoms with van der Waals surface area (Å²) in [6.07, 6.45) is 6.28. The van der Waals surface area contributed by atoms with Crippen molar-refractivity contribution in [3.63, 3.8) is 0 Å². The Balaban J connectivity index is 1.25. The lowest BCUT2D eigenvalue weighted by Crippen LogP contribution is -2.43. The van der Waals surface area contributed by atoms with Crippen LogP contribution in [-0.2, 0) is 13.0 Å². The second-order valence-corrected chi connectivity index (χ2v) is 8.22. The Kier molecular flexibility index (Phi) is 5.43. The van der Waals surface area contributed by atoms with Crippen LogP contribution in [0, 0.1) is 18.8 Å². The zero-order chi connectivity index (χ0) is 17.9. The van der Waals surface area contributed by atoms with Crippen molar-refractivity contribution < 1.29 is 0 Å². The number of rotatable bonds is 4.